The third-order valence-corrected chi connectivity index (χ3v) is 3.13. The van der Waals surface area contributed by atoms with Gasteiger partial charge in [-0.15, -0.1) is 0 Å². The fourth-order valence-corrected chi connectivity index (χ4v) is 2.10. The van der Waals surface area contributed by atoms with Gasteiger partial charge in [0.15, 0.2) is 0 Å². The molecule has 0 radical (unpaired) electrons. The van der Waals surface area contributed by atoms with Gasteiger partial charge in [-0.1, -0.05) is 6.07 Å². The molecule has 0 aliphatic heterocycles. The molecule has 0 heterocycles. The minimum absolute atomic E-state index is 0.0156. The Kier molecular flexibility index (Phi) is 4.35. The van der Waals surface area contributed by atoms with Crippen molar-refractivity contribution in [2.75, 3.05) is 19.5 Å². The Bertz CT molecular complexity index is 584. The molecule has 0 saturated carbocycles. The van der Waals surface area contributed by atoms with Crippen LogP contribution in [0.25, 0.3) is 0 Å². The number of benzene rings is 2. The molecule has 0 spiro atoms. The summed E-state index contributed by atoms with van der Waals surface area (Å²) in [6.45, 7) is 2.03. The zero-order valence-corrected chi connectivity index (χ0v) is 11.9. The van der Waals surface area contributed by atoms with Crippen molar-refractivity contribution in [1.82, 2.24) is 0 Å². The van der Waals surface area contributed by atoms with Crippen LogP contribution in [0.15, 0.2) is 42.5 Å². The number of ether oxygens (including phenoxy) is 2. The number of methoxy groups -OCH3 is 2. The third kappa shape index (κ3) is 3.15. The van der Waals surface area contributed by atoms with Gasteiger partial charge in [-0.2, -0.15) is 0 Å². The first-order valence-electron chi connectivity index (χ1n) is 6.41. The number of rotatable bonds is 5. The van der Waals surface area contributed by atoms with E-state index in [4.69, 9.17) is 9.47 Å². The van der Waals surface area contributed by atoms with E-state index >= 15 is 0 Å². The van der Waals surface area contributed by atoms with Crippen molar-refractivity contribution >= 4 is 5.69 Å². The Balaban J connectivity index is 2.25. The minimum atomic E-state index is 0.0156. The van der Waals surface area contributed by atoms with Crippen molar-refractivity contribution in [2.24, 2.45) is 0 Å². The lowest BCUT2D eigenvalue weighted by Crippen LogP contribution is -2.08. The molecule has 106 valence electrons. The molecule has 0 amide bonds. The molecule has 2 rings (SSSR count). The van der Waals surface area contributed by atoms with Crippen molar-refractivity contribution in [2.45, 2.75) is 13.0 Å². The van der Waals surface area contributed by atoms with Gasteiger partial charge in [-0.3, -0.25) is 0 Å². The molecular weight excluding hydrogens is 254 g/mol. The Morgan fingerprint density at radius 2 is 1.85 bits per heavy atom. The normalized spacial score (nSPS) is 11.8. The van der Waals surface area contributed by atoms with E-state index in [2.05, 4.69) is 5.32 Å². The van der Waals surface area contributed by atoms with Crippen LogP contribution >= 0.6 is 0 Å². The van der Waals surface area contributed by atoms with Crippen LogP contribution in [-0.2, 0) is 0 Å². The van der Waals surface area contributed by atoms with Crippen LogP contribution in [0.3, 0.4) is 0 Å². The van der Waals surface area contributed by atoms with E-state index in [1.165, 1.54) is 0 Å². The Morgan fingerprint density at radius 3 is 2.50 bits per heavy atom. The van der Waals surface area contributed by atoms with Crippen LogP contribution in [0.4, 0.5) is 5.69 Å². The first-order chi connectivity index (χ1) is 9.63. The molecular formula is C16H19NO3. The van der Waals surface area contributed by atoms with Crippen molar-refractivity contribution in [1.29, 1.82) is 0 Å². The molecule has 0 fully saturated rings. The average molecular weight is 273 g/mol. The number of aromatic hydroxyl groups is 1. The van der Waals surface area contributed by atoms with Gasteiger partial charge < -0.3 is 19.9 Å². The minimum Gasteiger partial charge on any atom is -0.508 e. The highest BCUT2D eigenvalue weighted by atomic mass is 16.5. The Hall–Kier alpha value is -2.36. The molecule has 2 aromatic carbocycles. The van der Waals surface area contributed by atoms with E-state index in [0.717, 1.165) is 22.7 Å². The number of phenolic OH excluding ortho intramolecular Hbond substituents is 1. The highest BCUT2D eigenvalue weighted by Gasteiger charge is 2.13. The number of anilines is 1. The average Bonchev–Trinajstić information content (AvgIpc) is 2.46. The maximum atomic E-state index is 9.49. The fourth-order valence-electron chi connectivity index (χ4n) is 2.10. The molecule has 2 aromatic rings. The van der Waals surface area contributed by atoms with Crippen molar-refractivity contribution in [3.63, 3.8) is 0 Å². The lowest BCUT2D eigenvalue weighted by Gasteiger charge is -2.19. The standard InChI is InChI=1S/C16H19NO3/c1-11(17-12-5-4-6-13(18)9-12)15-10-14(19-2)7-8-16(15)20-3/h4-11,17-18H,1-3H3. The van der Waals surface area contributed by atoms with Gasteiger partial charge in [-0.25, -0.2) is 0 Å². The number of nitrogens with one attached hydrogen (secondary N) is 1. The molecule has 0 saturated heterocycles. The SMILES string of the molecule is COc1ccc(OC)c(C(C)Nc2cccc(O)c2)c1. The first kappa shape index (κ1) is 14.1. The largest absolute Gasteiger partial charge is 0.508 e. The molecule has 4 heteroatoms. The van der Waals surface area contributed by atoms with Gasteiger partial charge in [0.1, 0.15) is 17.2 Å². The Labute approximate surface area is 119 Å². The molecule has 0 aromatic heterocycles. The second-order valence-corrected chi connectivity index (χ2v) is 4.52. The van der Waals surface area contributed by atoms with Crippen LogP contribution in [0, 0.1) is 0 Å². The first-order valence-corrected chi connectivity index (χ1v) is 6.41. The summed E-state index contributed by atoms with van der Waals surface area (Å²) < 4.78 is 10.6. The topological polar surface area (TPSA) is 50.7 Å². The highest BCUT2D eigenvalue weighted by Crippen LogP contribution is 2.31. The van der Waals surface area contributed by atoms with E-state index in [9.17, 15) is 5.11 Å². The summed E-state index contributed by atoms with van der Waals surface area (Å²) in [7, 11) is 3.28. The van der Waals surface area contributed by atoms with Gasteiger partial charge in [0.25, 0.3) is 0 Å². The fraction of sp³-hybridized carbons (Fsp3) is 0.250. The van der Waals surface area contributed by atoms with Crippen molar-refractivity contribution in [3.05, 3.63) is 48.0 Å². The smallest absolute Gasteiger partial charge is 0.124 e. The lowest BCUT2D eigenvalue weighted by atomic mass is 10.1. The summed E-state index contributed by atoms with van der Waals surface area (Å²) in [5.41, 5.74) is 1.84. The molecule has 1 unspecified atom stereocenters. The van der Waals surface area contributed by atoms with Crippen molar-refractivity contribution < 1.29 is 14.6 Å². The number of phenols is 1. The summed E-state index contributed by atoms with van der Waals surface area (Å²) in [5.74, 6) is 1.82. The predicted molar refractivity (Wildman–Crippen MR) is 79.7 cm³/mol. The highest BCUT2D eigenvalue weighted by molar-refractivity contribution is 5.51. The quantitative estimate of drug-likeness (QED) is 0.874. The van der Waals surface area contributed by atoms with E-state index in [1.54, 1.807) is 32.4 Å². The summed E-state index contributed by atoms with van der Waals surface area (Å²) in [5, 5.41) is 12.8. The van der Waals surface area contributed by atoms with Crippen LogP contribution in [0.5, 0.6) is 17.2 Å². The number of hydrogen-bond acceptors (Lipinski definition) is 4. The van der Waals surface area contributed by atoms with E-state index < -0.39 is 0 Å². The monoisotopic (exact) mass is 273 g/mol. The second-order valence-electron chi connectivity index (χ2n) is 4.52. The summed E-state index contributed by atoms with van der Waals surface area (Å²) in [6, 6.07) is 12.7. The second kappa shape index (κ2) is 6.19. The number of hydrogen-bond donors (Lipinski definition) is 2. The van der Waals surface area contributed by atoms with Gasteiger partial charge in [0.2, 0.25) is 0 Å². The third-order valence-electron chi connectivity index (χ3n) is 3.13. The van der Waals surface area contributed by atoms with Gasteiger partial charge in [0.05, 0.1) is 20.3 Å². The molecule has 1 atom stereocenters. The molecule has 4 nitrogen and oxygen atoms in total. The van der Waals surface area contributed by atoms with Crippen LogP contribution in [-0.4, -0.2) is 19.3 Å². The summed E-state index contributed by atoms with van der Waals surface area (Å²) in [6.07, 6.45) is 0. The predicted octanol–water partition coefficient (Wildman–Crippen LogP) is 3.58. The van der Waals surface area contributed by atoms with Gasteiger partial charge in [0, 0.05) is 17.3 Å². The molecule has 0 bridgehead atoms. The van der Waals surface area contributed by atoms with E-state index in [1.807, 2.05) is 31.2 Å². The maximum Gasteiger partial charge on any atom is 0.124 e. The maximum absolute atomic E-state index is 9.49. The molecule has 2 N–H and O–H groups in total. The molecule has 20 heavy (non-hydrogen) atoms. The lowest BCUT2D eigenvalue weighted by molar-refractivity contribution is 0.397. The summed E-state index contributed by atoms with van der Waals surface area (Å²) >= 11 is 0. The van der Waals surface area contributed by atoms with Gasteiger partial charge >= 0.3 is 0 Å². The molecule has 0 aliphatic rings. The van der Waals surface area contributed by atoms with Crippen LogP contribution < -0.4 is 14.8 Å². The van der Waals surface area contributed by atoms with Gasteiger partial charge in [-0.05, 0) is 37.3 Å². The van der Waals surface area contributed by atoms with Crippen molar-refractivity contribution in [3.8, 4) is 17.2 Å². The van der Waals surface area contributed by atoms with E-state index in [-0.39, 0.29) is 11.8 Å². The van der Waals surface area contributed by atoms with Crippen LogP contribution in [0.2, 0.25) is 0 Å². The zero-order chi connectivity index (χ0) is 14.5. The Morgan fingerprint density at radius 1 is 1.05 bits per heavy atom. The zero-order valence-electron chi connectivity index (χ0n) is 11.9. The van der Waals surface area contributed by atoms with E-state index in [0.29, 0.717) is 0 Å². The molecule has 0 aliphatic carbocycles. The van der Waals surface area contributed by atoms with Crippen LogP contribution in [0.1, 0.15) is 18.5 Å². The summed E-state index contributed by atoms with van der Waals surface area (Å²) in [4.78, 5) is 0.